The van der Waals surface area contributed by atoms with Gasteiger partial charge in [0.05, 0.1) is 18.8 Å². The number of nitrogens with one attached hydrogen (secondary N) is 1. The molecule has 5 heteroatoms. The van der Waals surface area contributed by atoms with Crippen molar-refractivity contribution in [2.45, 2.75) is 32.6 Å². The first-order chi connectivity index (χ1) is 10.1. The number of benzene rings is 1. The summed E-state index contributed by atoms with van der Waals surface area (Å²) in [5.74, 6) is 0. The van der Waals surface area contributed by atoms with Gasteiger partial charge in [0.15, 0.2) is 0 Å². The van der Waals surface area contributed by atoms with Crippen molar-refractivity contribution in [1.82, 2.24) is 5.32 Å². The zero-order valence-electron chi connectivity index (χ0n) is 13.1. The highest BCUT2D eigenvalue weighted by Crippen LogP contribution is 2.26. The lowest BCUT2D eigenvalue weighted by atomic mass is 10.1. The molecule has 0 radical (unpaired) electrons. The minimum absolute atomic E-state index is 0.253. The lowest BCUT2D eigenvalue weighted by Crippen LogP contribution is -2.45. The van der Waals surface area contributed by atoms with E-state index in [0.717, 1.165) is 36.8 Å². The maximum atomic E-state index is 6.41. The maximum absolute atomic E-state index is 6.41. The van der Waals surface area contributed by atoms with Crippen molar-refractivity contribution in [1.29, 1.82) is 0 Å². The van der Waals surface area contributed by atoms with Crippen LogP contribution in [0, 0.1) is 0 Å². The molecule has 0 aromatic heterocycles. The molecule has 118 valence electrons. The maximum Gasteiger partial charge on any atom is 0.0726 e. The van der Waals surface area contributed by atoms with Gasteiger partial charge >= 0.3 is 0 Å². The standard InChI is InChI=1S/C16H25ClN2O2/c1-12-10-19(11-13(2)21-12)15-5-4-14(16(17)8-15)9-18-6-7-20-3/h4-5,8,12-13,18H,6-7,9-11H2,1-3H3/t12-,13+. The molecule has 1 aromatic carbocycles. The Labute approximate surface area is 132 Å². The lowest BCUT2D eigenvalue weighted by molar-refractivity contribution is -0.00521. The van der Waals surface area contributed by atoms with E-state index in [4.69, 9.17) is 21.1 Å². The Morgan fingerprint density at radius 1 is 1.33 bits per heavy atom. The fraction of sp³-hybridized carbons (Fsp3) is 0.625. The van der Waals surface area contributed by atoms with Gasteiger partial charge in [-0.15, -0.1) is 0 Å². The van der Waals surface area contributed by atoms with Crippen LogP contribution < -0.4 is 10.2 Å². The molecule has 0 bridgehead atoms. The highest BCUT2D eigenvalue weighted by Gasteiger charge is 2.22. The Morgan fingerprint density at radius 3 is 2.67 bits per heavy atom. The van der Waals surface area contributed by atoms with Crippen LogP contribution in [0.15, 0.2) is 18.2 Å². The zero-order valence-corrected chi connectivity index (χ0v) is 13.8. The van der Waals surface area contributed by atoms with Gasteiger partial charge in [0, 0.05) is 44.0 Å². The summed E-state index contributed by atoms with van der Waals surface area (Å²) < 4.78 is 10.8. The van der Waals surface area contributed by atoms with E-state index in [1.807, 2.05) is 0 Å². The summed E-state index contributed by atoms with van der Waals surface area (Å²) in [6, 6.07) is 6.30. The number of morpholine rings is 1. The van der Waals surface area contributed by atoms with Crippen LogP contribution in [0.4, 0.5) is 5.69 Å². The van der Waals surface area contributed by atoms with Crippen molar-refractivity contribution >= 4 is 17.3 Å². The molecule has 1 aromatic rings. The smallest absolute Gasteiger partial charge is 0.0726 e. The molecule has 2 rings (SSSR count). The molecule has 0 amide bonds. The fourth-order valence-electron chi connectivity index (χ4n) is 2.66. The van der Waals surface area contributed by atoms with Crippen LogP contribution in [-0.2, 0) is 16.0 Å². The van der Waals surface area contributed by atoms with E-state index >= 15 is 0 Å². The van der Waals surface area contributed by atoms with E-state index < -0.39 is 0 Å². The average Bonchev–Trinajstić information content (AvgIpc) is 2.44. The van der Waals surface area contributed by atoms with Crippen molar-refractivity contribution in [3.8, 4) is 0 Å². The summed E-state index contributed by atoms with van der Waals surface area (Å²) in [6.45, 7) is 8.33. The van der Waals surface area contributed by atoms with Gasteiger partial charge in [-0.3, -0.25) is 0 Å². The molecule has 0 aliphatic carbocycles. The number of hydrogen-bond acceptors (Lipinski definition) is 4. The van der Waals surface area contributed by atoms with Gasteiger partial charge in [0.25, 0.3) is 0 Å². The molecule has 1 heterocycles. The summed E-state index contributed by atoms with van der Waals surface area (Å²) in [6.07, 6.45) is 0.505. The first-order valence-corrected chi connectivity index (χ1v) is 7.86. The third-order valence-electron chi connectivity index (χ3n) is 3.62. The van der Waals surface area contributed by atoms with Gasteiger partial charge in [-0.25, -0.2) is 0 Å². The first-order valence-electron chi connectivity index (χ1n) is 7.48. The van der Waals surface area contributed by atoms with Crippen molar-refractivity contribution in [2.75, 3.05) is 38.3 Å². The monoisotopic (exact) mass is 312 g/mol. The highest BCUT2D eigenvalue weighted by atomic mass is 35.5. The van der Waals surface area contributed by atoms with E-state index in [9.17, 15) is 0 Å². The molecule has 1 aliphatic rings. The van der Waals surface area contributed by atoms with Crippen LogP contribution in [0.1, 0.15) is 19.4 Å². The second-order valence-corrected chi connectivity index (χ2v) is 6.01. The predicted octanol–water partition coefficient (Wildman–Crippen LogP) is 2.69. The number of rotatable bonds is 6. The summed E-state index contributed by atoms with van der Waals surface area (Å²) in [5.41, 5.74) is 2.29. The Balaban J connectivity index is 1.98. The molecular formula is C16H25ClN2O2. The van der Waals surface area contributed by atoms with Gasteiger partial charge < -0.3 is 19.7 Å². The van der Waals surface area contributed by atoms with E-state index in [1.165, 1.54) is 5.69 Å². The number of methoxy groups -OCH3 is 1. The van der Waals surface area contributed by atoms with Crippen LogP contribution in [-0.4, -0.2) is 45.6 Å². The molecule has 0 spiro atoms. The van der Waals surface area contributed by atoms with Gasteiger partial charge in [0.1, 0.15) is 0 Å². The number of halogens is 1. The van der Waals surface area contributed by atoms with Crippen molar-refractivity contribution < 1.29 is 9.47 Å². The van der Waals surface area contributed by atoms with Crippen LogP contribution >= 0.6 is 11.6 Å². The average molecular weight is 313 g/mol. The molecule has 0 unspecified atom stereocenters. The minimum Gasteiger partial charge on any atom is -0.383 e. The van der Waals surface area contributed by atoms with E-state index in [-0.39, 0.29) is 12.2 Å². The molecule has 1 N–H and O–H groups in total. The minimum atomic E-state index is 0.253. The molecule has 0 saturated carbocycles. The fourth-order valence-corrected chi connectivity index (χ4v) is 2.90. The van der Waals surface area contributed by atoms with Gasteiger partial charge in [-0.05, 0) is 31.5 Å². The first kappa shape index (κ1) is 16.6. The molecule has 2 atom stereocenters. The van der Waals surface area contributed by atoms with Crippen LogP contribution in [0.5, 0.6) is 0 Å². The van der Waals surface area contributed by atoms with Gasteiger partial charge in [0.2, 0.25) is 0 Å². The molecule has 1 aliphatic heterocycles. The second kappa shape index (κ2) is 7.99. The quantitative estimate of drug-likeness (QED) is 0.819. The summed E-state index contributed by atoms with van der Waals surface area (Å²) in [4.78, 5) is 2.34. The Morgan fingerprint density at radius 2 is 2.05 bits per heavy atom. The normalized spacial score (nSPS) is 22.6. The third kappa shape index (κ3) is 4.85. The van der Waals surface area contributed by atoms with Crippen molar-refractivity contribution in [3.63, 3.8) is 0 Å². The highest BCUT2D eigenvalue weighted by molar-refractivity contribution is 6.31. The number of nitrogens with zero attached hydrogens (tertiary/aromatic N) is 1. The number of hydrogen-bond donors (Lipinski definition) is 1. The lowest BCUT2D eigenvalue weighted by Gasteiger charge is -2.37. The molecule has 4 nitrogen and oxygen atoms in total. The van der Waals surface area contributed by atoms with E-state index in [2.05, 4.69) is 42.3 Å². The number of anilines is 1. The predicted molar refractivity (Wildman–Crippen MR) is 87.3 cm³/mol. The summed E-state index contributed by atoms with van der Waals surface area (Å²) in [7, 11) is 1.70. The van der Waals surface area contributed by atoms with Crippen molar-refractivity contribution in [3.05, 3.63) is 28.8 Å². The van der Waals surface area contributed by atoms with Crippen LogP contribution in [0.2, 0.25) is 5.02 Å². The SMILES string of the molecule is COCCNCc1ccc(N2C[C@@H](C)O[C@@H](C)C2)cc1Cl. The van der Waals surface area contributed by atoms with Crippen LogP contribution in [0.3, 0.4) is 0 Å². The number of ether oxygens (including phenoxy) is 2. The van der Waals surface area contributed by atoms with Gasteiger partial charge in [-0.2, -0.15) is 0 Å². The molecule has 1 saturated heterocycles. The van der Waals surface area contributed by atoms with Crippen LogP contribution in [0.25, 0.3) is 0 Å². The Hall–Kier alpha value is -0.810. The molecule has 1 fully saturated rings. The zero-order chi connectivity index (χ0) is 15.2. The second-order valence-electron chi connectivity index (χ2n) is 5.61. The summed E-state index contributed by atoms with van der Waals surface area (Å²) in [5, 5.41) is 4.12. The van der Waals surface area contributed by atoms with E-state index in [1.54, 1.807) is 7.11 Å². The van der Waals surface area contributed by atoms with Crippen molar-refractivity contribution in [2.24, 2.45) is 0 Å². The molecule has 21 heavy (non-hydrogen) atoms. The summed E-state index contributed by atoms with van der Waals surface area (Å²) >= 11 is 6.41. The third-order valence-corrected chi connectivity index (χ3v) is 3.97. The largest absolute Gasteiger partial charge is 0.383 e. The topological polar surface area (TPSA) is 33.7 Å². The van der Waals surface area contributed by atoms with E-state index in [0.29, 0.717) is 6.61 Å². The Kier molecular flexibility index (Phi) is 6.30. The van der Waals surface area contributed by atoms with Gasteiger partial charge in [-0.1, -0.05) is 17.7 Å². The molecular weight excluding hydrogens is 288 g/mol. The Bertz CT molecular complexity index is 446.